The summed E-state index contributed by atoms with van der Waals surface area (Å²) in [7, 11) is 0. The third kappa shape index (κ3) is 6.29. The van der Waals surface area contributed by atoms with Crippen molar-refractivity contribution >= 4 is 23.7 Å². The maximum Gasteiger partial charge on any atom is 0.243 e. The van der Waals surface area contributed by atoms with Gasteiger partial charge in [-0.25, -0.2) is 0 Å². The molecule has 1 aliphatic heterocycles. The van der Waals surface area contributed by atoms with E-state index in [-0.39, 0.29) is 23.7 Å². The summed E-state index contributed by atoms with van der Waals surface area (Å²) in [5.41, 5.74) is 20.8. The van der Waals surface area contributed by atoms with Crippen LogP contribution in [0.5, 0.6) is 0 Å². The number of rotatable bonds is 8. The van der Waals surface area contributed by atoms with Crippen molar-refractivity contribution < 1.29 is 9.59 Å². The average molecular weight is 312 g/mol. The minimum atomic E-state index is -0.546. The van der Waals surface area contributed by atoms with Crippen LogP contribution in [0.15, 0.2) is 9.98 Å². The number of carbonyl (C=O) groups excluding carboxylic acids is 2. The standard InChI is InChI=1S/C12H24N8O2/c13-11(14)17-5-1-3-7-9(21)20-8(10(22)19-7)4-2-6-18-12(15)16/h7-8H,1-6H2,(H,19,22)(H,20,21)(H4,13,14,17)(H4,15,16,18)/t7-,8-/m0/s1. The summed E-state index contributed by atoms with van der Waals surface area (Å²) in [6.07, 6.45) is 2.17. The van der Waals surface area contributed by atoms with Gasteiger partial charge in [0.2, 0.25) is 11.8 Å². The third-order valence-corrected chi connectivity index (χ3v) is 3.16. The first-order chi connectivity index (χ1) is 10.4. The maximum absolute atomic E-state index is 11.9. The van der Waals surface area contributed by atoms with E-state index in [2.05, 4.69) is 20.6 Å². The van der Waals surface area contributed by atoms with Crippen LogP contribution in [0.1, 0.15) is 25.7 Å². The highest BCUT2D eigenvalue weighted by Crippen LogP contribution is 2.08. The highest BCUT2D eigenvalue weighted by molar-refractivity contribution is 5.96. The quantitative estimate of drug-likeness (QED) is 0.158. The smallest absolute Gasteiger partial charge is 0.243 e. The number of nitrogens with zero attached hydrogens (tertiary/aromatic N) is 2. The Morgan fingerprint density at radius 3 is 1.50 bits per heavy atom. The molecule has 0 aromatic carbocycles. The van der Waals surface area contributed by atoms with Gasteiger partial charge in [-0.1, -0.05) is 0 Å². The van der Waals surface area contributed by atoms with Crippen molar-refractivity contribution in [1.29, 1.82) is 0 Å². The maximum atomic E-state index is 11.9. The van der Waals surface area contributed by atoms with E-state index in [1.807, 2.05) is 0 Å². The van der Waals surface area contributed by atoms with Gasteiger partial charge in [-0.2, -0.15) is 0 Å². The first kappa shape index (κ1) is 17.5. The minimum absolute atomic E-state index is 0.0120. The number of piperazine rings is 1. The lowest BCUT2D eigenvalue weighted by Crippen LogP contribution is -2.61. The summed E-state index contributed by atoms with van der Waals surface area (Å²) in [5, 5.41) is 5.41. The SMILES string of the molecule is NC(N)=NCCC[C@@H]1NC(=O)[C@H](CCCN=C(N)N)NC1=O. The minimum Gasteiger partial charge on any atom is -0.370 e. The largest absolute Gasteiger partial charge is 0.370 e. The number of carbonyl (C=O) groups is 2. The molecule has 0 aliphatic carbocycles. The Morgan fingerprint density at radius 1 is 0.818 bits per heavy atom. The van der Waals surface area contributed by atoms with Gasteiger partial charge in [0.25, 0.3) is 0 Å². The van der Waals surface area contributed by atoms with E-state index in [1.165, 1.54) is 0 Å². The van der Waals surface area contributed by atoms with E-state index in [1.54, 1.807) is 0 Å². The average Bonchev–Trinajstić information content (AvgIpc) is 2.43. The molecule has 124 valence electrons. The monoisotopic (exact) mass is 312 g/mol. The predicted octanol–water partition coefficient (Wildman–Crippen LogP) is -2.92. The van der Waals surface area contributed by atoms with Crippen LogP contribution in [0, 0.1) is 0 Å². The molecule has 2 atom stereocenters. The van der Waals surface area contributed by atoms with Crippen molar-refractivity contribution in [3.05, 3.63) is 0 Å². The molecule has 1 heterocycles. The van der Waals surface area contributed by atoms with Crippen molar-refractivity contribution in [2.24, 2.45) is 32.9 Å². The summed E-state index contributed by atoms with van der Waals surface area (Å²) < 4.78 is 0. The molecule has 2 amide bonds. The number of guanidine groups is 2. The van der Waals surface area contributed by atoms with Crippen LogP contribution < -0.4 is 33.6 Å². The number of nitrogens with two attached hydrogens (primary N) is 4. The first-order valence-corrected chi connectivity index (χ1v) is 7.11. The van der Waals surface area contributed by atoms with Gasteiger partial charge in [-0.05, 0) is 25.7 Å². The Morgan fingerprint density at radius 2 is 1.18 bits per heavy atom. The Balaban J connectivity index is 2.34. The summed E-state index contributed by atoms with van der Waals surface area (Å²) in [5.74, 6) is -0.372. The summed E-state index contributed by atoms with van der Waals surface area (Å²) in [4.78, 5) is 31.5. The lowest BCUT2D eigenvalue weighted by Gasteiger charge is -2.29. The van der Waals surface area contributed by atoms with Crippen LogP contribution in [0.25, 0.3) is 0 Å². The Hall–Kier alpha value is -2.52. The zero-order valence-electron chi connectivity index (χ0n) is 12.4. The Kier molecular flexibility index (Phi) is 6.93. The zero-order chi connectivity index (χ0) is 16.5. The molecule has 1 saturated heterocycles. The van der Waals surface area contributed by atoms with Crippen LogP contribution in [0.4, 0.5) is 0 Å². The van der Waals surface area contributed by atoms with Crippen LogP contribution in [-0.4, -0.2) is 48.9 Å². The Labute approximate surface area is 128 Å². The molecule has 1 rings (SSSR count). The van der Waals surface area contributed by atoms with E-state index in [0.29, 0.717) is 38.8 Å². The molecule has 0 radical (unpaired) electrons. The molecule has 10 nitrogen and oxygen atoms in total. The number of nitrogens with one attached hydrogen (secondary N) is 2. The van der Waals surface area contributed by atoms with Crippen molar-refractivity contribution in [2.75, 3.05) is 13.1 Å². The van der Waals surface area contributed by atoms with E-state index < -0.39 is 12.1 Å². The zero-order valence-corrected chi connectivity index (χ0v) is 12.4. The summed E-state index contributed by atoms with van der Waals surface area (Å²) >= 11 is 0. The molecule has 22 heavy (non-hydrogen) atoms. The molecule has 10 N–H and O–H groups in total. The normalized spacial score (nSPS) is 20.7. The fourth-order valence-electron chi connectivity index (χ4n) is 2.09. The number of aliphatic imine (C=N–C) groups is 2. The third-order valence-electron chi connectivity index (χ3n) is 3.16. The lowest BCUT2D eigenvalue weighted by molar-refractivity contribution is -0.137. The van der Waals surface area contributed by atoms with Gasteiger partial charge < -0.3 is 33.6 Å². The molecule has 1 fully saturated rings. The molecular formula is C12H24N8O2. The number of amides is 2. The van der Waals surface area contributed by atoms with Gasteiger partial charge >= 0.3 is 0 Å². The molecular weight excluding hydrogens is 288 g/mol. The summed E-state index contributed by atoms with van der Waals surface area (Å²) in [6.45, 7) is 0.841. The molecule has 1 aliphatic rings. The highest BCUT2D eigenvalue weighted by atomic mass is 16.2. The number of hydrogen-bond donors (Lipinski definition) is 6. The van der Waals surface area contributed by atoms with Crippen LogP contribution in [0.3, 0.4) is 0 Å². The Bertz CT molecular complexity index is 412. The molecule has 10 heteroatoms. The molecule has 0 saturated carbocycles. The van der Waals surface area contributed by atoms with Gasteiger partial charge in [0.15, 0.2) is 11.9 Å². The van der Waals surface area contributed by atoms with Gasteiger partial charge in [0.1, 0.15) is 12.1 Å². The van der Waals surface area contributed by atoms with Gasteiger partial charge in [-0.3, -0.25) is 19.6 Å². The second-order valence-electron chi connectivity index (χ2n) is 5.02. The predicted molar refractivity (Wildman–Crippen MR) is 83.7 cm³/mol. The van der Waals surface area contributed by atoms with Crippen molar-refractivity contribution in [1.82, 2.24) is 10.6 Å². The summed E-state index contributed by atoms with van der Waals surface area (Å²) in [6, 6.07) is -1.09. The van der Waals surface area contributed by atoms with E-state index in [4.69, 9.17) is 22.9 Å². The van der Waals surface area contributed by atoms with E-state index in [0.717, 1.165) is 0 Å². The second-order valence-corrected chi connectivity index (χ2v) is 5.02. The first-order valence-electron chi connectivity index (χ1n) is 7.11. The van der Waals surface area contributed by atoms with Gasteiger partial charge in [0.05, 0.1) is 0 Å². The van der Waals surface area contributed by atoms with Crippen LogP contribution >= 0.6 is 0 Å². The molecule has 0 aromatic heterocycles. The van der Waals surface area contributed by atoms with Crippen LogP contribution in [-0.2, 0) is 9.59 Å². The highest BCUT2D eigenvalue weighted by Gasteiger charge is 2.32. The molecule has 0 bridgehead atoms. The van der Waals surface area contributed by atoms with E-state index >= 15 is 0 Å². The molecule has 0 spiro atoms. The van der Waals surface area contributed by atoms with Gasteiger partial charge in [0, 0.05) is 13.1 Å². The van der Waals surface area contributed by atoms with Crippen molar-refractivity contribution in [2.45, 2.75) is 37.8 Å². The van der Waals surface area contributed by atoms with Crippen molar-refractivity contribution in [3.63, 3.8) is 0 Å². The van der Waals surface area contributed by atoms with Gasteiger partial charge in [-0.15, -0.1) is 0 Å². The fraction of sp³-hybridized carbons (Fsp3) is 0.667. The topological polar surface area (TPSA) is 187 Å². The second kappa shape index (κ2) is 8.70. The lowest BCUT2D eigenvalue weighted by atomic mass is 10.0. The molecule has 0 aromatic rings. The van der Waals surface area contributed by atoms with Crippen molar-refractivity contribution in [3.8, 4) is 0 Å². The molecule has 0 unspecified atom stereocenters. The fourth-order valence-corrected chi connectivity index (χ4v) is 2.09. The van der Waals surface area contributed by atoms with E-state index in [9.17, 15) is 9.59 Å². The van der Waals surface area contributed by atoms with Crippen LogP contribution in [0.2, 0.25) is 0 Å². The number of hydrogen-bond acceptors (Lipinski definition) is 4.